The van der Waals surface area contributed by atoms with Crippen LogP contribution in [0.5, 0.6) is 0 Å². The fourth-order valence-corrected chi connectivity index (χ4v) is 4.61. The maximum absolute atomic E-state index is 13.3. The number of carbonyl (C=O) groups excluding carboxylic acids is 3. The third kappa shape index (κ3) is 4.17. The standard InChI is InChI=1S/C24H26FN3O3/c1-24(18-11-13-19(25)14-12-18)22(30)28(23(31)27-24)15-20(29)26-21(17-9-5-6-10-17)16-7-3-2-4-8-16/h2-4,7-8,11-14,17,21H,5-6,9-10,15H2,1H3,(H,26,29)(H,27,31). The number of benzene rings is 2. The van der Waals surface area contributed by atoms with Gasteiger partial charge in [-0.1, -0.05) is 55.3 Å². The number of halogens is 1. The molecule has 2 N–H and O–H groups in total. The summed E-state index contributed by atoms with van der Waals surface area (Å²) >= 11 is 0. The Morgan fingerprint density at radius 3 is 2.42 bits per heavy atom. The van der Waals surface area contributed by atoms with Gasteiger partial charge in [0.25, 0.3) is 5.91 Å². The van der Waals surface area contributed by atoms with Crippen LogP contribution in [-0.2, 0) is 15.1 Å². The van der Waals surface area contributed by atoms with Gasteiger partial charge in [-0.2, -0.15) is 0 Å². The Morgan fingerprint density at radius 1 is 1.13 bits per heavy atom. The predicted molar refractivity (Wildman–Crippen MR) is 113 cm³/mol. The van der Waals surface area contributed by atoms with Crippen molar-refractivity contribution in [3.05, 3.63) is 71.5 Å². The van der Waals surface area contributed by atoms with Gasteiger partial charge in [-0.15, -0.1) is 0 Å². The molecule has 0 bridgehead atoms. The molecule has 2 fully saturated rings. The van der Waals surface area contributed by atoms with Crippen molar-refractivity contribution in [3.8, 4) is 0 Å². The van der Waals surface area contributed by atoms with E-state index in [1.807, 2.05) is 30.3 Å². The van der Waals surface area contributed by atoms with Crippen molar-refractivity contribution in [2.45, 2.75) is 44.2 Å². The molecule has 6 nitrogen and oxygen atoms in total. The Hall–Kier alpha value is -3.22. The van der Waals surface area contributed by atoms with Crippen LogP contribution in [0, 0.1) is 11.7 Å². The van der Waals surface area contributed by atoms with Gasteiger partial charge in [-0.25, -0.2) is 9.18 Å². The molecule has 1 aliphatic carbocycles. The van der Waals surface area contributed by atoms with Crippen LogP contribution in [0.4, 0.5) is 9.18 Å². The summed E-state index contributed by atoms with van der Waals surface area (Å²) in [7, 11) is 0. The van der Waals surface area contributed by atoms with E-state index in [0.29, 0.717) is 11.5 Å². The number of nitrogens with zero attached hydrogens (tertiary/aromatic N) is 1. The maximum atomic E-state index is 13.3. The second-order valence-electron chi connectivity index (χ2n) is 8.45. The summed E-state index contributed by atoms with van der Waals surface area (Å²) < 4.78 is 13.3. The number of hydrogen-bond donors (Lipinski definition) is 2. The molecule has 4 amide bonds. The molecular formula is C24H26FN3O3. The van der Waals surface area contributed by atoms with Crippen molar-refractivity contribution in [2.24, 2.45) is 5.92 Å². The molecule has 31 heavy (non-hydrogen) atoms. The van der Waals surface area contributed by atoms with Gasteiger partial charge in [0.1, 0.15) is 17.9 Å². The van der Waals surface area contributed by atoms with Gasteiger partial charge in [0.15, 0.2) is 0 Å². The highest BCUT2D eigenvalue weighted by Crippen LogP contribution is 2.36. The van der Waals surface area contributed by atoms with Crippen molar-refractivity contribution in [2.75, 3.05) is 6.54 Å². The summed E-state index contributed by atoms with van der Waals surface area (Å²) in [5, 5.41) is 5.70. The molecule has 4 rings (SSSR count). The molecule has 0 spiro atoms. The largest absolute Gasteiger partial charge is 0.347 e. The molecule has 1 heterocycles. The second kappa shape index (κ2) is 8.49. The molecule has 2 atom stereocenters. The molecule has 2 aromatic carbocycles. The van der Waals surface area contributed by atoms with Gasteiger partial charge >= 0.3 is 6.03 Å². The lowest BCUT2D eigenvalue weighted by molar-refractivity contribution is -0.135. The molecule has 7 heteroatoms. The third-order valence-corrected chi connectivity index (χ3v) is 6.34. The number of urea groups is 1. The van der Waals surface area contributed by atoms with Crippen LogP contribution in [0.3, 0.4) is 0 Å². The van der Waals surface area contributed by atoms with Crippen molar-refractivity contribution in [3.63, 3.8) is 0 Å². The smallest absolute Gasteiger partial charge is 0.325 e. The van der Waals surface area contributed by atoms with E-state index in [1.54, 1.807) is 6.92 Å². The molecule has 2 unspecified atom stereocenters. The molecular weight excluding hydrogens is 397 g/mol. The Morgan fingerprint density at radius 2 is 1.77 bits per heavy atom. The van der Waals surface area contributed by atoms with Crippen molar-refractivity contribution >= 4 is 17.8 Å². The number of rotatable bonds is 6. The van der Waals surface area contributed by atoms with E-state index in [9.17, 15) is 18.8 Å². The predicted octanol–water partition coefficient (Wildman–Crippen LogP) is 3.64. The molecule has 0 radical (unpaired) electrons. The Bertz CT molecular complexity index is 973. The zero-order valence-corrected chi connectivity index (χ0v) is 17.4. The van der Waals surface area contributed by atoms with Crippen LogP contribution in [0.25, 0.3) is 0 Å². The minimum absolute atomic E-state index is 0.152. The number of nitrogens with one attached hydrogen (secondary N) is 2. The van der Waals surface area contributed by atoms with E-state index in [0.717, 1.165) is 36.1 Å². The molecule has 162 valence electrons. The summed E-state index contributed by atoms with van der Waals surface area (Å²) in [6, 6.07) is 14.4. The molecule has 2 aliphatic rings. The quantitative estimate of drug-likeness (QED) is 0.697. The van der Waals surface area contributed by atoms with E-state index in [2.05, 4.69) is 10.6 Å². The maximum Gasteiger partial charge on any atom is 0.325 e. The Labute approximate surface area is 180 Å². The first-order valence-corrected chi connectivity index (χ1v) is 10.6. The number of carbonyl (C=O) groups is 3. The molecule has 1 aliphatic heterocycles. The van der Waals surface area contributed by atoms with E-state index in [-0.39, 0.29) is 18.5 Å². The van der Waals surface area contributed by atoms with Gasteiger partial charge in [0.05, 0.1) is 6.04 Å². The zero-order chi connectivity index (χ0) is 22.0. The first kappa shape index (κ1) is 21.0. The van der Waals surface area contributed by atoms with Gasteiger partial charge in [-0.3, -0.25) is 14.5 Å². The first-order chi connectivity index (χ1) is 14.9. The van der Waals surface area contributed by atoms with Crippen LogP contribution in [0.1, 0.15) is 49.8 Å². The Balaban J connectivity index is 1.49. The topological polar surface area (TPSA) is 78.5 Å². The second-order valence-corrected chi connectivity index (χ2v) is 8.45. The lowest BCUT2D eigenvalue weighted by Crippen LogP contribution is -2.44. The molecule has 0 aromatic heterocycles. The highest BCUT2D eigenvalue weighted by atomic mass is 19.1. The normalized spacial score (nSPS) is 22.5. The first-order valence-electron chi connectivity index (χ1n) is 10.6. The number of hydrogen-bond acceptors (Lipinski definition) is 3. The highest BCUT2D eigenvalue weighted by Gasteiger charge is 2.49. The van der Waals surface area contributed by atoms with E-state index in [4.69, 9.17) is 0 Å². The van der Waals surface area contributed by atoms with E-state index < -0.39 is 23.3 Å². The molecule has 1 saturated heterocycles. The van der Waals surface area contributed by atoms with E-state index in [1.165, 1.54) is 24.3 Å². The SMILES string of the molecule is CC1(c2ccc(F)cc2)NC(=O)N(CC(=O)NC(c2ccccc2)C2CCCC2)C1=O. The molecule has 2 aromatic rings. The third-order valence-electron chi connectivity index (χ3n) is 6.34. The van der Waals surface area contributed by atoms with Crippen LogP contribution in [-0.4, -0.2) is 29.3 Å². The van der Waals surface area contributed by atoms with Gasteiger partial charge in [0, 0.05) is 0 Å². The van der Waals surface area contributed by atoms with Crippen LogP contribution in [0.15, 0.2) is 54.6 Å². The summed E-state index contributed by atoms with van der Waals surface area (Å²) in [5.74, 6) is -1.01. The summed E-state index contributed by atoms with van der Waals surface area (Å²) in [6.45, 7) is 1.20. The average Bonchev–Trinajstić information content (AvgIpc) is 3.37. The van der Waals surface area contributed by atoms with Gasteiger partial charge < -0.3 is 10.6 Å². The van der Waals surface area contributed by atoms with Crippen LogP contribution >= 0.6 is 0 Å². The van der Waals surface area contributed by atoms with Crippen LogP contribution < -0.4 is 10.6 Å². The monoisotopic (exact) mass is 423 g/mol. The summed E-state index contributed by atoms with van der Waals surface area (Å²) in [4.78, 5) is 39.4. The molecule has 1 saturated carbocycles. The van der Waals surface area contributed by atoms with Crippen molar-refractivity contribution in [1.29, 1.82) is 0 Å². The fraction of sp³-hybridized carbons (Fsp3) is 0.375. The van der Waals surface area contributed by atoms with Gasteiger partial charge in [-0.05, 0) is 48.9 Å². The van der Waals surface area contributed by atoms with E-state index >= 15 is 0 Å². The zero-order valence-electron chi connectivity index (χ0n) is 17.4. The fourth-order valence-electron chi connectivity index (χ4n) is 4.61. The number of imide groups is 1. The lowest BCUT2D eigenvalue weighted by Gasteiger charge is -2.26. The summed E-state index contributed by atoms with van der Waals surface area (Å²) in [5.41, 5.74) is 0.148. The van der Waals surface area contributed by atoms with Crippen molar-refractivity contribution in [1.82, 2.24) is 15.5 Å². The van der Waals surface area contributed by atoms with Gasteiger partial charge in [0.2, 0.25) is 5.91 Å². The Kier molecular flexibility index (Phi) is 5.76. The van der Waals surface area contributed by atoms with Crippen LogP contribution in [0.2, 0.25) is 0 Å². The minimum atomic E-state index is -1.34. The van der Waals surface area contributed by atoms with Crippen molar-refractivity contribution < 1.29 is 18.8 Å². The summed E-state index contributed by atoms with van der Waals surface area (Å²) in [6.07, 6.45) is 4.33. The number of amides is 4. The highest BCUT2D eigenvalue weighted by molar-refractivity contribution is 6.09. The average molecular weight is 423 g/mol. The lowest BCUT2D eigenvalue weighted by atomic mass is 9.91. The minimum Gasteiger partial charge on any atom is -0.347 e.